The van der Waals surface area contributed by atoms with Gasteiger partial charge in [-0.3, -0.25) is 8.78 Å². The summed E-state index contributed by atoms with van der Waals surface area (Å²) in [5.41, 5.74) is 0. The van der Waals surface area contributed by atoms with Crippen LogP contribution in [-0.2, 0) is 0 Å². The minimum absolute atomic E-state index is 0.137. The molecule has 0 spiro atoms. The number of halogens is 2. The maximum absolute atomic E-state index is 12.0. The van der Waals surface area contributed by atoms with Gasteiger partial charge in [0.15, 0.2) is 0 Å². The van der Waals surface area contributed by atoms with E-state index in [0.717, 1.165) is 37.5 Å². The van der Waals surface area contributed by atoms with Crippen LogP contribution in [0.2, 0.25) is 0 Å². The fraction of sp³-hybridized carbons (Fsp3) is 1.00. The molecule has 0 saturated carbocycles. The van der Waals surface area contributed by atoms with Gasteiger partial charge < -0.3 is 0 Å². The predicted octanol–water partition coefficient (Wildman–Crippen LogP) is 10.8. The highest BCUT2D eigenvalue weighted by molar-refractivity contribution is 4.63. The summed E-state index contributed by atoms with van der Waals surface area (Å²) in [7, 11) is 0. The topological polar surface area (TPSA) is 0 Å². The Morgan fingerprint density at radius 1 is 0.333 bits per heavy atom. The molecule has 0 aliphatic heterocycles. The van der Waals surface area contributed by atoms with Crippen molar-refractivity contribution in [2.45, 2.75) is 155 Å². The zero-order valence-corrected chi connectivity index (χ0v) is 20.9. The number of alkyl halides is 2. The molecule has 0 amide bonds. The number of unbranched alkanes of at least 4 members (excludes halogenated alkanes) is 18. The van der Waals surface area contributed by atoms with E-state index in [-0.39, 0.29) is 13.3 Å². The van der Waals surface area contributed by atoms with Crippen LogP contribution in [0.4, 0.5) is 8.78 Å². The van der Waals surface area contributed by atoms with Crippen molar-refractivity contribution in [3.63, 3.8) is 0 Å². The zero-order chi connectivity index (χ0) is 22.1. The van der Waals surface area contributed by atoms with Crippen molar-refractivity contribution in [3.05, 3.63) is 0 Å². The number of hydrogen-bond donors (Lipinski definition) is 0. The third kappa shape index (κ3) is 22.5. The van der Waals surface area contributed by atoms with Crippen LogP contribution in [0.5, 0.6) is 0 Å². The van der Waals surface area contributed by atoms with E-state index in [2.05, 4.69) is 13.8 Å². The molecule has 0 aliphatic carbocycles. The van der Waals surface area contributed by atoms with Gasteiger partial charge in [-0.05, 0) is 24.7 Å². The number of rotatable bonds is 25. The van der Waals surface area contributed by atoms with Gasteiger partial charge in [0.05, 0.1) is 13.3 Å². The van der Waals surface area contributed by atoms with Crippen LogP contribution in [-0.4, -0.2) is 13.3 Å². The Morgan fingerprint density at radius 2 is 0.533 bits per heavy atom. The molecule has 2 heteroatoms. The quantitative estimate of drug-likeness (QED) is 0.126. The molecular formula is C28H56F2. The number of hydrogen-bond acceptors (Lipinski definition) is 0. The van der Waals surface area contributed by atoms with Gasteiger partial charge in [-0.2, -0.15) is 0 Å². The van der Waals surface area contributed by atoms with Crippen LogP contribution < -0.4 is 0 Å². The first kappa shape index (κ1) is 29.9. The van der Waals surface area contributed by atoms with Gasteiger partial charge in [-0.25, -0.2) is 0 Å². The van der Waals surface area contributed by atoms with Gasteiger partial charge >= 0.3 is 0 Å². The molecular weight excluding hydrogens is 374 g/mol. The lowest BCUT2D eigenvalue weighted by Crippen LogP contribution is -2.08. The van der Waals surface area contributed by atoms with Crippen molar-refractivity contribution in [1.29, 1.82) is 0 Å². The van der Waals surface area contributed by atoms with E-state index >= 15 is 0 Å². The second-order valence-electron chi connectivity index (χ2n) is 9.98. The van der Waals surface area contributed by atoms with Crippen molar-refractivity contribution in [2.75, 3.05) is 13.3 Å². The summed E-state index contributed by atoms with van der Waals surface area (Å²) in [5.74, 6) is 1.76. The Kier molecular flexibility index (Phi) is 25.0. The molecule has 0 radical (unpaired) electrons. The Labute approximate surface area is 189 Å². The minimum atomic E-state index is -0.137. The largest absolute Gasteiger partial charge is 0.251 e. The summed E-state index contributed by atoms with van der Waals surface area (Å²) in [6.45, 7) is 4.65. The summed E-state index contributed by atoms with van der Waals surface area (Å²) in [5, 5.41) is 0. The SMILES string of the molecule is CC(CCCCCCCCCCCCF)C(C)CCCCCCCCCCCCF. The Bertz CT molecular complexity index is 275. The first-order chi connectivity index (χ1) is 14.7. The molecule has 0 nitrogen and oxygen atoms in total. The summed E-state index contributed by atoms with van der Waals surface area (Å²) >= 11 is 0. The summed E-state index contributed by atoms with van der Waals surface area (Å²) < 4.78 is 24.0. The van der Waals surface area contributed by atoms with E-state index in [1.807, 2.05) is 0 Å². The van der Waals surface area contributed by atoms with Gasteiger partial charge in [0.25, 0.3) is 0 Å². The Morgan fingerprint density at radius 3 is 0.767 bits per heavy atom. The molecule has 0 aromatic heterocycles. The fourth-order valence-electron chi connectivity index (χ4n) is 4.52. The van der Waals surface area contributed by atoms with Gasteiger partial charge in [0, 0.05) is 0 Å². The van der Waals surface area contributed by atoms with Crippen LogP contribution in [0, 0.1) is 11.8 Å². The first-order valence-corrected chi connectivity index (χ1v) is 13.8. The lowest BCUT2D eigenvalue weighted by atomic mass is 9.86. The molecule has 30 heavy (non-hydrogen) atoms. The molecule has 0 fully saturated rings. The van der Waals surface area contributed by atoms with Gasteiger partial charge in [-0.15, -0.1) is 0 Å². The average molecular weight is 431 g/mol. The molecule has 0 heterocycles. The van der Waals surface area contributed by atoms with E-state index < -0.39 is 0 Å². The summed E-state index contributed by atoms with van der Waals surface area (Å²) in [6, 6.07) is 0. The highest BCUT2D eigenvalue weighted by atomic mass is 19.1. The first-order valence-electron chi connectivity index (χ1n) is 13.8. The van der Waals surface area contributed by atoms with Crippen LogP contribution >= 0.6 is 0 Å². The minimum Gasteiger partial charge on any atom is -0.251 e. The van der Waals surface area contributed by atoms with Crippen LogP contribution in [0.1, 0.15) is 155 Å². The lowest BCUT2D eigenvalue weighted by molar-refractivity contribution is 0.322. The highest BCUT2D eigenvalue weighted by Gasteiger charge is 2.11. The predicted molar refractivity (Wildman–Crippen MR) is 132 cm³/mol. The molecule has 2 unspecified atom stereocenters. The third-order valence-electron chi connectivity index (χ3n) is 7.06. The Balaban J connectivity index is 3.29. The fourth-order valence-corrected chi connectivity index (χ4v) is 4.52. The summed E-state index contributed by atoms with van der Waals surface area (Å²) in [4.78, 5) is 0. The maximum Gasteiger partial charge on any atom is 0.0894 e. The molecule has 0 saturated heterocycles. The molecule has 0 aromatic rings. The molecule has 0 N–H and O–H groups in total. The van der Waals surface area contributed by atoms with Crippen LogP contribution in [0.3, 0.4) is 0 Å². The molecule has 0 aliphatic rings. The van der Waals surface area contributed by atoms with Gasteiger partial charge in [-0.1, -0.05) is 142 Å². The highest BCUT2D eigenvalue weighted by Crippen LogP contribution is 2.24. The average Bonchev–Trinajstić information content (AvgIpc) is 2.75. The van der Waals surface area contributed by atoms with Crippen molar-refractivity contribution in [3.8, 4) is 0 Å². The van der Waals surface area contributed by atoms with E-state index in [0.29, 0.717) is 0 Å². The second-order valence-corrected chi connectivity index (χ2v) is 9.98. The van der Waals surface area contributed by atoms with E-state index in [1.54, 1.807) is 0 Å². The van der Waals surface area contributed by atoms with E-state index in [1.165, 1.54) is 116 Å². The van der Waals surface area contributed by atoms with E-state index in [4.69, 9.17) is 0 Å². The van der Waals surface area contributed by atoms with Crippen molar-refractivity contribution in [1.82, 2.24) is 0 Å². The Hall–Kier alpha value is -0.140. The zero-order valence-electron chi connectivity index (χ0n) is 20.9. The van der Waals surface area contributed by atoms with E-state index in [9.17, 15) is 8.78 Å². The molecule has 0 rings (SSSR count). The van der Waals surface area contributed by atoms with Crippen LogP contribution in [0.25, 0.3) is 0 Å². The van der Waals surface area contributed by atoms with Gasteiger partial charge in [0.1, 0.15) is 0 Å². The monoisotopic (exact) mass is 430 g/mol. The van der Waals surface area contributed by atoms with Crippen LogP contribution in [0.15, 0.2) is 0 Å². The normalized spacial score (nSPS) is 13.6. The third-order valence-corrected chi connectivity index (χ3v) is 7.06. The lowest BCUT2D eigenvalue weighted by Gasteiger charge is -2.19. The summed E-state index contributed by atoms with van der Waals surface area (Å²) in [6.07, 6.45) is 28.2. The smallest absolute Gasteiger partial charge is 0.0894 e. The second kappa shape index (κ2) is 25.1. The maximum atomic E-state index is 12.0. The molecule has 0 bridgehead atoms. The molecule has 2 atom stereocenters. The van der Waals surface area contributed by atoms with Crippen molar-refractivity contribution >= 4 is 0 Å². The van der Waals surface area contributed by atoms with Crippen molar-refractivity contribution in [2.24, 2.45) is 11.8 Å². The molecule has 182 valence electrons. The van der Waals surface area contributed by atoms with Crippen molar-refractivity contribution < 1.29 is 8.78 Å². The standard InChI is InChI=1S/C28H56F2/c1-27(23-19-15-11-7-3-5-9-13-17-21-25-29)28(2)24-20-16-12-8-4-6-10-14-18-22-26-30/h27-28H,3-26H2,1-2H3. The van der Waals surface area contributed by atoms with Gasteiger partial charge in [0.2, 0.25) is 0 Å². The molecule has 0 aromatic carbocycles.